The highest BCUT2D eigenvalue weighted by atomic mass is 16.3. The summed E-state index contributed by atoms with van der Waals surface area (Å²) in [5.41, 5.74) is 0.874. The second-order valence-electron chi connectivity index (χ2n) is 4.89. The fourth-order valence-corrected chi connectivity index (χ4v) is 2.38. The van der Waals surface area contributed by atoms with Crippen LogP contribution >= 0.6 is 0 Å². The lowest BCUT2D eigenvalue weighted by molar-refractivity contribution is 0.0653. The van der Waals surface area contributed by atoms with Crippen LogP contribution in [0.15, 0.2) is 47.1 Å². The van der Waals surface area contributed by atoms with Gasteiger partial charge in [-0.1, -0.05) is 12.1 Å². The number of carbonyl (C=O) groups is 3. The number of fused-ring (bicyclic) bond motifs is 1. The molecule has 1 aliphatic heterocycles. The molecule has 22 heavy (non-hydrogen) atoms. The summed E-state index contributed by atoms with van der Waals surface area (Å²) in [6, 6.07) is 9.96. The van der Waals surface area contributed by atoms with Crippen LogP contribution in [0, 0.1) is 0 Å². The van der Waals surface area contributed by atoms with Crippen molar-refractivity contribution >= 4 is 17.7 Å². The average molecular weight is 298 g/mol. The maximum absolute atomic E-state index is 12.1. The minimum absolute atomic E-state index is 0.237. The third-order valence-electron chi connectivity index (χ3n) is 3.47. The predicted octanol–water partition coefficient (Wildman–Crippen LogP) is 1.70. The Morgan fingerprint density at radius 3 is 2.32 bits per heavy atom. The van der Waals surface area contributed by atoms with Gasteiger partial charge < -0.3 is 9.73 Å². The molecule has 2 aromatic rings. The molecule has 0 atom stereocenters. The Balaban J connectivity index is 1.52. The van der Waals surface area contributed by atoms with Crippen molar-refractivity contribution in [2.75, 3.05) is 13.1 Å². The number of nitrogens with zero attached hydrogens (tertiary/aromatic N) is 1. The topological polar surface area (TPSA) is 79.6 Å². The summed E-state index contributed by atoms with van der Waals surface area (Å²) in [5, 5.41) is 2.68. The predicted molar refractivity (Wildman–Crippen MR) is 77.5 cm³/mol. The van der Waals surface area contributed by atoms with E-state index in [1.54, 1.807) is 36.4 Å². The third kappa shape index (κ3) is 2.50. The molecule has 0 aliphatic carbocycles. The molecular weight excluding hydrogens is 284 g/mol. The second-order valence-corrected chi connectivity index (χ2v) is 4.89. The maximum Gasteiger partial charge on any atom is 0.286 e. The van der Waals surface area contributed by atoms with Crippen molar-refractivity contribution in [1.29, 1.82) is 0 Å². The normalized spacial score (nSPS) is 13.4. The first kappa shape index (κ1) is 14.1. The van der Waals surface area contributed by atoms with Crippen LogP contribution in [0.1, 0.15) is 37.7 Å². The summed E-state index contributed by atoms with van der Waals surface area (Å²) in [5.74, 6) is -0.635. The van der Waals surface area contributed by atoms with Gasteiger partial charge in [0.05, 0.1) is 17.4 Å². The molecular formula is C16H14N2O4. The first-order chi connectivity index (χ1) is 10.7. The Morgan fingerprint density at radius 2 is 1.73 bits per heavy atom. The Kier molecular flexibility index (Phi) is 3.74. The van der Waals surface area contributed by atoms with Crippen molar-refractivity contribution < 1.29 is 18.8 Å². The van der Waals surface area contributed by atoms with Gasteiger partial charge in [-0.15, -0.1) is 0 Å². The highest BCUT2D eigenvalue weighted by molar-refractivity contribution is 6.21. The van der Waals surface area contributed by atoms with Gasteiger partial charge in [-0.25, -0.2) is 0 Å². The lowest BCUT2D eigenvalue weighted by atomic mass is 10.1. The minimum atomic E-state index is -0.313. The van der Waals surface area contributed by atoms with Crippen LogP contribution in [-0.2, 0) is 0 Å². The van der Waals surface area contributed by atoms with Crippen molar-refractivity contribution in [2.24, 2.45) is 0 Å². The molecule has 3 amide bonds. The summed E-state index contributed by atoms with van der Waals surface area (Å²) in [6.07, 6.45) is 1.91. The number of hydrogen-bond acceptors (Lipinski definition) is 4. The average Bonchev–Trinajstić information content (AvgIpc) is 3.14. The van der Waals surface area contributed by atoms with Crippen molar-refractivity contribution in [3.8, 4) is 0 Å². The Labute approximate surface area is 126 Å². The molecule has 3 rings (SSSR count). The van der Waals surface area contributed by atoms with Crippen LogP contribution in [0.3, 0.4) is 0 Å². The number of nitrogens with one attached hydrogen (secondary N) is 1. The standard InChI is InChI=1S/C16H14N2O4/c19-14(13-7-3-10-22-13)17-8-4-9-18-15(20)11-5-1-2-6-12(11)16(18)21/h1-3,5-7,10H,4,8-9H2,(H,17,19). The highest BCUT2D eigenvalue weighted by Gasteiger charge is 2.34. The Bertz CT molecular complexity index is 687. The number of hydrogen-bond donors (Lipinski definition) is 1. The van der Waals surface area contributed by atoms with E-state index in [2.05, 4.69) is 5.32 Å². The van der Waals surface area contributed by atoms with Crippen LogP contribution in [0.2, 0.25) is 0 Å². The number of benzene rings is 1. The van der Waals surface area contributed by atoms with Crippen LogP contribution in [0.25, 0.3) is 0 Å². The maximum atomic E-state index is 12.1. The van der Waals surface area contributed by atoms with Gasteiger partial charge in [-0.3, -0.25) is 19.3 Å². The van der Waals surface area contributed by atoms with Gasteiger partial charge in [0, 0.05) is 13.1 Å². The van der Waals surface area contributed by atoms with Gasteiger partial charge in [0.1, 0.15) is 0 Å². The van der Waals surface area contributed by atoms with E-state index in [1.807, 2.05) is 0 Å². The lowest BCUT2D eigenvalue weighted by Gasteiger charge is -2.13. The van der Waals surface area contributed by atoms with Gasteiger partial charge >= 0.3 is 0 Å². The monoisotopic (exact) mass is 298 g/mol. The molecule has 0 saturated heterocycles. The van der Waals surface area contributed by atoms with Crippen molar-refractivity contribution in [3.05, 3.63) is 59.5 Å². The van der Waals surface area contributed by atoms with Gasteiger partial charge in [0.25, 0.3) is 17.7 Å². The van der Waals surface area contributed by atoms with E-state index >= 15 is 0 Å². The molecule has 0 saturated carbocycles. The van der Waals surface area contributed by atoms with Crippen LogP contribution < -0.4 is 5.32 Å². The Morgan fingerprint density at radius 1 is 1.05 bits per heavy atom. The van der Waals surface area contributed by atoms with Crippen LogP contribution in [0.4, 0.5) is 0 Å². The van der Waals surface area contributed by atoms with E-state index in [9.17, 15) is 14.4 Å². The van der Waals surface area contributed by atoms with E-state index in [4.69, 9.17) is 4.42 Å². The molecule has 0 unspecified atom stereocenters. The summed E-state index contributed by atoms with van der Waals surface area (Å²) >= 11 is 0. The van der Waals surface area contributed by atoms with E-state index in [-0.39, 0.29) is 30.0 Å². The zero-order valence-corrected chi connectivity index (χ0v) is 11.7. The summed E-state index contributed by atoms with van der Waals surface area (Å²) in [4.78, 5) is 37.1. The van der Waals surface area contributed by atoms with Crippen molar-refractivity contribution in [3.63, 3.8) is 0 Å². The zero-order valence-electron chi connectivity index (χ0n) is 11.7. The largest absolute Gasteiger partial charge is 0.459 e. The zero-order chi connectivity index (χ0) is 15.5. The van der Waals surface area contributed by atoms with Gasteiger partial charge in [-0.2, -0.15) is 0 Å². The molecule has 1 aliphatic rings. The van der Waals surface area contributed by atoms with Crippen molar-refractivity contribution in [2.45, 2.75) is 6.42 Å². The summed E-state index contributed by atoms with van der Waals surface area (Å²) < 4.78 is 4.97. The molecule has 1 N–H and O–H groups in total. The molecule has 6 heteroatoms. The number of imide groups is 1. The van der Waals surface area contributed by atoms with Gasteiger partial charge in [0.15, 0.2) is 5.76 Å². The molecule has 6 nitrogen and oxygen atoms in total. The van der Waals surface area contributed by atoms with E-state index in [0.29, 0.717) is 24.1 Å². The first-order valence-corrected chi connectivity index (χ1v) is 6.95. The molecule has 1 aromatic heterocycles. The van der Waals surface area contributed by atoms with Gasteiger partial charge in [0.2, 0.25) is 0 Å². The van der Waals surface area contributed by atoms with Crippen LogP contribution in [0.5, 0.6) is 0 Å². The second kappa shape index (κ2) is 5.85. The smallest absolute Gasteiger partial charge is 0.286 e. The number of rotatable bonds is 5. The van der Waals surface area contributed by atoms with Gasteiger partial charge in [-0.05, 0) is 30.7 Å². The molecule has 0 spiro atoms. The molecule has 2 heterocycles. The van der Waals surface area contributed by atoms with E-state index < -0.39 is 0 Å². The van der Waals surface area contributed by atoms with E-state index in [0.717, 1.165) is 0 Å². The molecule has 112 valence electrons. The number of carbonyl (C=O) groups excluding carboxylic acids is 3. The number of furan rings is 1. The van der Waals surface area contributed by atoms with E-state index in [1.165, 1.54) is 11.2 Å². The quantitative estimate of drug-likeness (QED) is 0.673. The molecule has 0 bridgehead atoms. The molecule has 1 aromatic carbocycles. The fourth-order valence-electron chi connectivity index (χ4n) is 2.38. The Hall–Kier alpha value is -2.89. The molecule has 0 radical (unpaired) electrons. The lowest BCUT2D eigenvalue weighted by Crippen LogP contribution is -2.33. The van der Waals surface area contributed by atoms with Crippen LogP contribution in [-0.4, -0.2) is 35.7 Å². The molecule has 0 fully saturated rings. The minimum Gasteiger partial charge on any atom is -0.459 e. The van der Waals surface area contributed by atoms with Crippen molar-refractivity contribution in [1.82, 2.24) is 10.2 Å². The summed E-state index contributed by atoms with van der Waals surface area (Å²) in [7, 11) is 0. The fraction of sp³-hybridized carbons (Fsp3) is 0.188. The third-order valence-corrected chi connectivity index (χ3v) is 3.47. The highest BCUT2D eigenvalue weighted by Crippen LogP contribution is 2.22. The number of amides is 3. The SMILES string of the molecule is O=C(NCCCN1C(=O)c2ccccc2C1=O)c1ccco1. The summed E-state index contributed by atoms with van der Waals surface area (Å²) in [6.45, 7) is 0.623. The first-order valence-electron chi connectivity index (χ1n) is 6.95.